The molecule has 0 aromatic carbocycles. The van der Waals surface area contributed by atoms with Crippen LogP contribution in [0.4, 0.5) is 14.7 Å². The fraction of sp³-hybridized carbons (Fsp3) is 0.348. The number of fused-ring (bicyclic) bond motifs is 2. The molecule has 0 saturated carbocycles. The van der Waals surface area contributed by atoms with Crippen LogP contribution in [0.25, 0.3) is 22.2 Å². The number of piperidine rings is 1. The number of pyridine rings is 1. The Morgan fingerprint density at radius 1 is 1.22 bits per heavy atom. The summed E-state index contributed by atoms with van der Waals surface area (Å²) in [5.41, 5.74) is 3.07. The molecule has 1 aliphatic heterocycles. The highest BCUT2D eigenvalue weighted by Gasteiger charge is 2.45. The third kappa shape index (κ3) is 3.95. The molecule has 0 bridgehead atoms. The number of rotatable bonds is 5. The quantitative estimate of drug-likeness (QED) is 0.433. The Morgan fingerprint density at radius 2 is 2.00 bits per heavy atom. The average Bonchev–Trinajstić information content (AvgIpc) is 3.48. The van der Waals surface area contributed by atoms with Crippen LogP contribution in [-0.2, 0) is 4.79 Å². The van der Waals surface area contributed by atoms with Gasteiger partial charge in [-0.05, 0) is 30.2 Å². The number of hydrogen-bond donors (Lipinski definition) is 2. The first kappa shape index (κ1) is 23.5. The molecule has 0 aliphatic carbocycles. The summed E-state index contributed by atoms with van der Waals surface area (Å²) < 4.78 is 38.0. The number of alkyl halides is 2. The third-order valence-corrected chi connectivity index (χ3v) is 6.32. The largest absolute Gasteiger partial charge is 0.479 e. The Labute approximate surface area is 204 Å². The first-order valence-corrected chi connectivity index (χ1v) is 11.2. The Morgan fingerprint density at radius 3 is 2.69 bits per heavy atom. The van der Waals surface area contributed by atoms with Crippen LogP contribution >= 0.6 is 0 Å². The van der Waals surface area contributed by atoms with Gasteiger partial charge in [-0.25, -0.2) is 17.8 Å². The molecule has 0 unspecified atom stereocenters. The fourth-order valence-corrected chi connectivity index (χ4v) is 4.43. The number of ether oxygens (including phenoxy) is 1. The van der Waals surface area contributed by atoms with E-state index in [0.717, 1.165) is 16.0 Å². The van der Waals surface area contributed by atoms with E-state index < -0.39 is 18.5 Å². The number of amides is 2. The standard InChI is InChI=1S/C23H24F2N8O3/c1-13(34)31-7-6-18(23(24,25)12-31)28-22-29-21(36-3)19-15(5-9-33(19)30-22)14-4-8-32-17(10-14)16(11-27-32)20(35)26-2/h4-5,8-11,18H,6-7,12H2,1-3H3,(H,26,35)(H,28,30)/t18-/m1/s1. The number of carbonyl (C=O) groups is 2. The van der Waals surface area contributed by atoms with Crippen LogP contribution in [0.1, 0.15) is 23.7 Å². The Bertz CT molecular complexity index is 1480. The van der Waals surface area contributed by atoms with E-state index in [0.29, 0.717) is 16.6 Å². The van der Waals surface area contributed by atoms with E-state index in [-0.39, 0.29) is 36.6 Å². The van der Waals surface area contributed by atoms with Crippen LogP contribution in [0.3, 0.4) is 0 Å². The SMILES string of the molecule is CNC(=O)c1cnn2ccc(-c3ccn4nc(N[C@@H]5CCN(C(C)=O)CC5(F)F)nc(OC)c34)cc12. The second-order valence-corrected chi connectivity index (χ2v) is 8.54. The molecule has 0 radical (unpaired) electrons. The molecule has 11 nitrogen and oxygen atoms in total. The number of carbonyl (C=O) groups excluding carboxylic acids is 2. The van der Waals surface area contributed by atoms with Crippen molar-refractivity contribution in [1.29, 1.82) is 0 Å². The lowest BCUT2D eigenvalue weighted by Crippen LogP contribution is -2.55. The van der Waals surface area contributed by atoms with Gasteiger partial charge in [-0.3, -0.25) is 9.59 Å². The Hall–Kier alpha value is -4.29. The van der Waals surface area contributed by atoms with E-state index >= 15 is 0 Å². The van der Waals surface area contributed by atoms with Gasteiger partial charge in [0.25, 0.3) is 11.8 Å². The molecule has 1 aliphatic rings. The topological polar surface area (TPSA) is 118 Å². The van der Waals surface area contributed by atoms with Crippen molar-refractivity contribution in [3.05, 3.63) is 42.4 Å². The van der Waals surface area contributed by atoms with Gasteiger partial charge in [0.05, 0.1) is 37.0 Å². The second-order valence-electron chi connectivity index (χ2n) is 8.54. The summed E-state index contributed by atoms with van der Waals surface area (Å²) in [7, 11) is 2.99. The van der Waals surface area contributed by atoms with Gasteiger partial charge in [0.15, 0.2) is 0 Å². The lowest BCUT2D eigenvalue weighted by Gasteiger charge is -2.38. The van der Waals surface area contributed by atoms with Crippen LogP contribution in [0.2, 0.25) is 0 Å². The van der Waals surface area contributed by atoms with E-state index in [2.05, 4.69) is 25.8 Å². The number of methoxy groups -OCH3 is 1. The van der Waals surface area contributed by atoms with Gasteiger partial charge < -0.3 is 20.3 Å². The highest BCUT2D eigenvalue weighted by atomic mass is 19.3. The molecule has 5 heterocycles. The predicted molar refractivity (Wildman–Crippen MR) is 126 cm³/mol. The van der Waals surface area contributed by atoms with Crippen molar-refractivity contribution in [2.45, 2.75) is 25.3 Å². The van der Waals surface area contributed by atoms with Crippen molar-refractivity contribution in [3.63, 3.8) is 0 Å². The summed E-state index contributed by atoms with van der Waals surface area (Å²) in [5.74, 6) is -3.62. The van der Waals surface area contributed by atoms with Gasteiger partial charge in [0.2, 0.25) is 17.7 Å². The van der Waals surface area contributed by atoms with E-state index in [1.54, 1.807) is 30.0 Å². The van der Waals surface area contributed by atoms with Gasteiger partial charge in [0, 0.05) is 38.5 Å². The molecular formula is C23H24F2N8O3. The lowest BCUT2D eigenvalue weighted by molar-refractivity contribution is -0.140. The molecule has 4 aromatic heterocycles. The second kappa shape index (κ2) is 8.73. The molecule has 1 saturated heterocycles. The van der Waals surface area contributed by atoms with Crippen LogP contribution in [0.15, 0.2) is 36.8 Å². The van der Waals surface area contributed by atoms with E-state index in [1.165, 1.54) is 24.7 Å². The van der Waals surface area contributed by atoms with Gasteiger partial charge in [0.1, 0.15) is 5.52 Å². The van der Waals surface area contributed by atoms with Crippen LogP contribution in [0.5, 0.6) is 5.88 Å². The molecule has 5 rings (SSSR count). The highest BCUT2D eigenvalue weighted by Crippen LogP contribution is 2.34. The number of likely N-dealkylation sites (tertiary alicyclic amines) is 1. The zero-order chi connectivity index (χ0) is 25.6. The molecule has 1 fully saturated rings. The number of anilines is 1. The highest BCUT2D eigenvalue weighted by molar-refractivity contribution is 6.01. The summed E-state index contributed by atoms with van der Waals surface area (Å²) in [6.07, 6.45) is 4.95. The minimum Gasteiger partial charge on any atom is -0.479 e. The van der Waals surface area contributed by atoms with Crippen molar-refractivity contribution in [1.82, 2.24) is 34.4 Å². The molecule has 0 spiro atoms. The van der Waals surface area contributed by atoms with Gasteiger partial charge in [-0.15, -0.1) is 5.10 Å². The molecule has 1 atom stereocenters. The maximum absolute atomic E-state index is 14.7. The molecule has 2 amide bonds. The summed E-state index contributed by atoms with van der Waals surface area (Å²) >= 11 is 0. The Kier molecular flexibility index (Phi) is 5.69. The van der Waals surface area contributed by atoms with Crippen LogP contribution in [-0.4, -0.2) is 80.1 Å². The zero-order valence-electron chi connectivity index (χ0n) is 19.8. The maximum Gasteiger partial charge on any atom is 0.285 e. The van der Waals surface area contributed by atoms with E-state index in [1.807, 2.05) is 12.1 Å². The summed E-state index contributed by atoms with van der Waals surface area (Å²) in [6.45, 7) is 0.826. The monoisotopic (exact) mass is 498 g/mol. The van der Waals surface area contributed by atoms with Gasteiger partial charge in [-0.2, -0.15) is 10.1 Å². The lowest BCUT2D eigenvalue weighted by atomic mass is 10.0. The first-order chi connectivity index (χ1) is 17.2. The van der Waals surface area contributed by atoms with E-state index in [9.17, 15) is 18.4 Å². The molecule has 2 N–H and O–H groups in total. The van der Waals surface area contributed by atoms with Crippen molar-refractivity contribution in [2.75, 3.05) is 32.6 Å². The van der Waals surface area contributed by atoms with Gasteiger partial charge >= 0.3 is 0 Å². The molecular weight excluding hydrogens is 474 g/mol. The zero-order valence-corrected chi connectivity index (χ0v) is 19.8. The average molecular weight is 498 g/mol. The molecule has 36 heavy (non-hydrogen) atoms. The first-order valence-electron chi connectivity index (χ1n) is 11.2. The number of nitrogens with one attached hydrogen (secondary N) is 2. The van der Waals surface area contributed by atoms with Crippen molar-refractivity contribution >= 4 is 28.8 Å². The summed E-state index contributed by atoms with van der Waals surface area (Å²) in [4.78, 5) is 29.2. The maximum atomic E-state index is 14.7. The minimum absolute atomic E-state index is 0.0180. The minimum atomic E-state index is -3.15. The van der Waals surface area contributed by atoms with Crippen LogP contribution in [0, 0.1) is 0 Å². The number of aromatic nitrogens is 5. The van der Waals surface area contributed by atoms with Gasteiger partial charge in [-0.1, -0.05) is 0 Å². The third-order valence-electron chi connectivity index (χ3n) is 6.32. The summed E-state index contributed by atoms with van der Waals surface area (Å²) in [6, 6.07) is 4.22. The Balaban J connectivity index is 1.50. The van der Waals surface area contributed by atoms with Crippen molar-refractivity contribution in [3.8, 4) is 17.0 Å². The smallest absolute Gasteiger partial charge is 0.285 e. The summed E-state index contributed by atoms with van der Waals surface area (Å²) in [5, 5.41) is 13.9. The molecule has 13 heteroatoms. The molecule has 188 valence electrons. The fourth-order valence-electron chi connectivity index (χ4n) is 4.43. The number of nitrogens with zero attached hydrogens (tertiary/aromatic N) is 6. The molecule has 4 aromatic rings. The van der Waals surface area contributed by atoms with Crippen molar-refractivity contribution in [2.24, 2.45) is 0 Å². The number of hydrogen-bond acceptors (Lipinski definition) is 7. The normalized spacial score (nSPS) is 17.4. The van der Waals surface area contributed by atoms with Crippen LogP contribution < -0.4 is 15.4 Å². The van der Waals surface area contributed by atoms with E-state index in [4.69, 9.17) is 4.74 Å². The van der Waals surface area contributed by atoms with Crippen molar-refractivity contribution < 1.29 is 23.1 Å². The predicted octanol–water partition coefficient (Wildman–Crippen LogP) is 2.08. The number of halogens is 2.